The normalized spacial score (nSPS) is 9.08. The van der Waals surface area contributed by atoms with Crippen LogP contribution < -0.4 is 5.32 Å². The van der Waals surface area contributed by atoms with Crippen LogP contribution in [0.5, 0.6) is 0 Å². The lowest BCUT2D eigenvalue weighted by Crippen LogP contribution is -2.04. The number of H-pyrrole nitrogens is 1. The number of nitrogens with one attached hydrogen (secondary N) is 3. The van der Waals surface area contributed by atoms with Crippen molar-refractivity contribution in [2.75, 3.05) is 5.32 Å². The van der Waals surface area contributed by atoms with Crippen molar-refractivity contribution < 1.29 is 0 Å². The lowest BCUT2D eigenvalue weighted by molar-refractivity contribution is 0.867. The molecule has 0 aliphatic rings. The predicted octanol–water partition coefficient (Wildman–Crippen LogP) is 2.19. The predicted molar refractivity (Wildman–Crippen MR) is 56.9 cm³/mol. The maximum Gasteiger partial charge on any atom is 0.153 e. The molecule has 0 atom stereocenters. The first-order valence-corrected chi connectivity index (χ1v) is 4.09. The van der Waals surface area contributed by atoms with E-state index in [1.165, 1.54) is 0 Å². The molecule has 0 saturated carbocycles. The molecule has 0 spiro atoms. The zero-order valence-corrected chi connectivity index (χ0v) is 8.66. The van der Waals surface area contributed by atoms with E-state index in [1.54, 1.807) is 6.92 Å². The Morgan fingerprint density at radius 1 is 1.69 bits per heavy atom. The molecule has 0 aromatic carbocycles. The fraction of sp³-hybridized carbons (Fsp3) is 0.500. The first kappa shape index (κ1) is 12.0. The summed E-state index contributed by atoms with van der Waals surface area (Å²) >= 11 is 0. The average molecular weight is 203 g/mol. The average Bonchev–Trinajstić information content (AvgIpc) is 2.36. The summed E-state index contributed by atoms with van der Waals surface area (Å²) in [7, 11) is 0. The highest BCUT2D eigenvalue weighted by molar-refractivity contribution is 5.89. The van der Waals surface area contributed by atoms with Gasteiger partial charge in [-0.1, -0.05) is 13.3 Å². The van der Waals surface area contributed by atoms with Gasteiger partial charge in [-0.15, -0.1) is 12.4 Å². The number of aromatic amines is 1. The van der Waals surface area contributed by atoms with Crippen LogP contribution in [0.15, 0.2) is 6.07 Å². The number of halogens is 1. The topological polar surface area (TPSA) is 64.6 Å². The van der Waals surface area contributed by atoms with E-state index in [0.29, 0.717) is 5.84 Å². The van der Waals surface area contributed by atoms with Gasteiger partial charge in [-0.25, -0.2) is 0 Å². The summed E-state index contributed by atoms with van der Waals surface area (Å²) in [6, 6.07) is 1.93. The smallest absolute Gasteiger partial charge is 0.153 e. The zero-order valence-electron chi connectivity index (χ0n) is 7.85. The number of anilines is 1. The lowest BCUT2D eigenvalue weighted by atomic mass is 10.2. The molecule has 1 heterocycles. The first-order valence-electron chi connectivity index (χ1n) is 4.09. The van der Waals surface area contributed by atoms with Gasteiger partial charge in [-0.3, -0.25) is 10.5 Å². The van der Waals surface area contributed by atoms with Crippen molar-refractivity contribution in [2.24, 2.45) is 0 Å². The molecular weight excluding hydrogens is 188 g/mol. The van der Waals surface area contributed by atoms with Gasteiger partial charge >= 0.3 is 0 Å². The molecule has 74 valence electrons. The van der Waals surface area contributed by atoms with Crippen molar-refractivity contribution in [3.05, 3.63) is 11.8 Å². The number of rotatable bonds is 3. The van der Waals surface area contributed by atoms with E-state index in [1.807, 2.05) is 6.07 Å². The molecule has 0 unspecified atom stereocenters. The molecule has 0 aliphatic carbocycles. The fourth-order valence-electron chi connectivity index (χ4n) is 1.02. The largest absolute Gasteiger partial charge is 0.328 e. The van der Waals surface area contributed by atoms with E-state index >= 15 is 0 Å². The minimum absolute atomic E-state index is 0. The quantitative estimate of drug-likeness (QED) is 0.520. The van der Waals surface area contributed by atoms with Gasteiger partial charge in [0.1, 0.15) is 0 Å². The molecule has 3 N–H and O–H groups in total. The number of nitrogens with zero attached hydrogens (tertiary/aromatic N) is 1. The van der Waals surface area contributed by atoms with Gasteiger partial charge in [0.25, 0.3) is 0 Å². The highest BCUT2D eigenvalue weighted by atomic mass is 35.5. The van der Waals surface area contributed by atoms with Gasteiger partial charge < -0.3 is 5.32 Å². The molecule has 0 amide bonds. The molecular formula is C8H15ClN4. The Hall–Kier alpha value is -1.03. The number of aromatic nitrogens is 2. The standard InChI is InChI=1S/C8H14N4.ClH/c1-3-4-7-5-8(12-11-7)10-6(2)9;/h5H,3-4H2,1-2H3,(H3,9,10,11,12);1H. The van der Waals surface area contributed by atoms with Gasteiger partial charge in [0.15, 0.2) is 5.82 Å². The maximum atomic E-state index is 7.18. The van der Waals surface area contributed by atoms with Crippen LogP contribution in [-0.4, -0.2) is 16.0 Å². The Kier molecular flexibility index (Phi) is 5.14. The number of aryl methyl sites for hydroxylation is 1. The van der Waals surface area contributed by atoms with Crippen molar-refractivity contribution >= 4 is 24.1 Å². The van der Waals surface area contributed by atoms with Crippen molar-refractivity contribution in [3.8, 4) is 0 Å². The van der Waals surface area contributed by atoms with Gasteiger partial charge in [0.05, 0.1) is 5.84 Å². The minimum atomic E-state index is 0. The van der Waals surface area contributed by atoms with Gasteiger partial charge in [-0.05, 0) is 13.3 Å². The van der Waals surface area contributed by atoms with E-state index < -0.39 is 0 Å². The highest BCUT2D eigenvalue weighted by Gasteiger charge is 1.98. The number of amidine groups is 1. The van der Waals surface area contributed by atoms with Crippen LogP contribution in [-0.2, 0) is 6.42 Å². The summed E-state index contributed by atoms with van der Waals surface area (Å²) in [4.78, 5) is 0. The fourth-order valence-corrected chi connectivity index (χ4v) is 1.02. The van der Waals surface area contributed by atoms with E-state index in [4.69, 9.17) is 5.41 Å². The van der Waals surface area contributed by atoms with E-state index in [2.05, 4.69) is 22.4 Å². The molecule has 0 bridgehead atoms. The Balaban J connectivity index is 0.00000144. The van der Waals surface area contributed by atoms with Gasteiger partial charge in [-0.2, -0.15) is 5.10 Å². The van der Waals surface area contributed by atoms with Crippen LogP contribution in [0.25, 0.3) is 0 Å². The van der Waals surface area contributed by atoms with E-state index in [-0.39, 0.29) is 12.4 Å². The van der Waals surface area contributed by atoms with Crippen LogP contribution >= 0.6 is 12.4 Å². The molecule has 4 nitrogen and oxygen atoms in total. The second kappa shape index (κ2) is 5.59. The summed E-state index contributed by atoms with van der Waals surface area (Å²) in [5.74, 6) is 1.13. The monoisotopic (exact) mass is 202 g/mol. The van der Waals surface area contributed by atoms with Crippen LogP contribution in [0.4, 0.5) is 5.82 Å². The zero-order chi connectivity index (χ0) is 8.97. The van der Waals surface area contributed by atoms with Crippen molar-refractivity contribution in [1.82, 2.24) is 10.2 Å². The SMILES string of the molecule is CCCc1cc(NC(C)=N)n[nH]1.Cl. The third-order valence-corrected chi connectivity index (χ3v) is 1.47. The number of hydrogen-bond acceptors (Lipinski definition) is 2. The van der Waals surface area contributed by atoms with Crippen LogP contribution in [0.2, 0.25) is 0 Å². The second-order valence-corrected chi connectivity index (χ2v) is 2.78. The Labute approximate surface area is 84.0 Å². The molecule has 5 heteroatoms. The summed E-state index contributed by atoms with van der Waals surface area (Å²) in [5.41, 5.74) is 1.11. The summed E-state index contributed by atoms with van der Waals surface area (Å²) in [5, 5.41) is 16.9. The van der Waals surface area contributed by atoms with Crippen molar-refractivity contribution in [1.29, 1.82) is 5.41 Å². The number of hydrogen-bond donors (Lipinski definition) is 3. The van der Waals surface area contributed by atoms with E-state index in [0.717, 1.165) is 24.4 Å². The molecule has 0 radical (unpaired) electrons. The molecule has 1 aromatic rings. The summed E-state index contributed by atoms with van der Waals surface area (Å²) < 4.78 is 0. The molecule has 13 heavy (non-hydrogen) atoms. The van der Waals surface area contributed by atoms with Crippen LogP contribution in [0.1, 0.15) is 26.0 Å². The Morgan fingerprint density at radius 2 is 2.38 bits per heavy atom. The van der Waals surface area contributed by atoms with Crippen LogP contribution in [0.3, 0.4) is 0 Å². The van der Waals surface area contributed by atoms with Crippen molar-refractivity contribution in [3.63, 3.8) is 0 Å². The Bertz CT molecular complexity index is 269. The maximum absolute atomic E-state index is 7.18. The Morgan fingerprint density at radius 3 is 2.92 bits per heavy atom. The third-order valence-electron chi connectivity index (χ3n) is 1.47. The van der Waals surface area contributed by atoms with Crippen molar-refractivity contribution in [2.45, 2.75) is 26.7 Å². The summed E-state index contributed by atoms with van der Waals surface area (Å²) in [6.45, 7) is 3.81. The van der Waals surface area contributed by atoms with E-state index in [9.17, 15) is 0 Å². The molecule has 0 fully saturated rings. The summed E-state index contributed by atoms with van der Waals surface area (Å²) in [6.07, 6.45) is 2.11. The van der Waals surface area contributed by atoms with Gasteiger partial charge in [0.2, 0.25) is 0 Å². The first-order chi connectivity index (χ1) is 5.72. The van der Waals surface area contributed by atoms with Gasteiger partial charge in [0, 0.05) is 11.8 Å². The highest BCUT2D eigenvalue weighted by Crippen LogP contribution is 2.06. The molecule has 0 saturated heterocycles. The molecule has 1 aromatic heterocycles. The van der Waals surface area contributed by atoms with Crippen LogP contribution in [0, 0.1) is 5.41 Å². The lowest BCUT2D eigenvalue weighted by Gasteiger charge is -1.95. The molecule has 0 aliphatic heterocycles. The molecule has 1 rings (SSSR count). The minimum Gasteiger partial charge on any atom is -0.328 e. The third kappa shape index (κ3) is 3.94. The second-order valence-electron chi connectivity index (χ2n) is 2.78.